The van der Waals surface area contributed by atoms with E-state index in [2.05, 4.69) is 31.4 Å². The Morgan fingerprint density at radius 3 is 2.31 bits per heavy atom. The molecule has 0 radical (unpaired) electrons. The normalized spacial score (nSPS) is 10.3. The molecule has 2 N–H and O–H groups in total. The highest BCUT2D eigenvalue weighted by Crippen LogP contribution is 2.25. The van der Waals surface area contributed by atoms with Crippen LogP contribution >= 0.6 is 15.9 Å². The molecule has 0 aliphatic heterocycles. The number of esters is 1. The maximum atomic E-state index is 12.2. The summed E-state index contributed by atoms with van der Waals surface area (Å²) in [6.45, 7) is -0.453. The van der Waals surface area contributed by atoms with Gasteiger partial charge in [0.25, 0.3) is 5.91 Å². The van der Waals surface area contributed by atoms with E-state index in [0.29, 0.717) is 22.9 Å². The van der Waals surface area contributed by atoms with E-state index in [1.54, 1.807) is 24.3 Å². The number of methoxy groups -OCH3 is 2. The standard InChI is InChI=1S/C20H18BrN3O5/c1-27-15-7-14(8-16(9-15)28-2)22-19(25)11-29-20(26)18-10-17(23-24-18)12-3-5-13(21)6-4-12/h3-10H,11H2,1-2H3,(H,22,25)(H,23,24). The van der Waals surface area contributed by atoms with Crippen LogP contribution in [0.15, 0.2) is 53.0 Å². The number of carbonyl (C=O) groups excluding carboxylic acids is 2. The van der Waals surface area contributed by atoms with E-state index in [1.165, 1.54) is 14.2 Å². The van der Waals surface area contributed by atoms with Gasteiger partial charge < -0.3 is 19.5 Å². The molecule has 0 aliphatic rings. The maximum absolute atomic E-state index is 12.2. The van der Waals surface area contributed by atoms with Crippen LogP contribution in [-0.2, 0) is 9.53 Å². The molecule has 8 nitrogen and oxygen atoms in total. The Hall–Kier alpha value is -3.33. The lowest BCUT2D eigenvalue weighted by Gasteiger charge is -2.10. The number of halogens is 1. The Labute approximate surface area is 175 Å². The first-order valence-corrected chi connectivity index (χ1v) is 9.29. The van der Waals surface area contributed by atoms with Crippen LogP contribution in [0.5, 0.6) is 11.5 Å². The van der Waals surface area contributed by atoms with Gasteiger partial charge in [0.2, 0.25) is 0 Å². The number of benzene rings is 2. The fourth-order valence-corrected chi connectivity index (χ4v) is 2.74. The number of nitrogens with zero attached hydrogens (tertiary/aromatic N) is 1. The molecule has 0 aliphatic carbocycles. The van der Waals surface area contributed by atoms with E-state index in [1.807, 2.05) is 24.3 Å². The minimum absolute atomic E-state index is 0.152. The van der Waals surface area contributed by atoms with Crippen molar-refractivity contribution in [3.63, 3.8) is 0 Å². The van der Waals surface area contributed by atoms with E-state index in [0.717, 1.165) is 10.0 Å². The molecule has 150 valence electrons. The highest BCUT2D eigenvalue weighted by molar-refractivity contribution is 9.10. The third-order valence-corrected chi connectivity index (χ3v) is 4.44. The van der Waals surface area contributed by atoms with Gasteiger partial charge in [-0.25, -0.2) is 4.79 Å². The average molecular weight is 460 g/mol. The van der Waals surface area contributed by atoms with Gasteiger partial charge in [0.1, 0.15) is 17.2 Å². The number of nitrogens with one attached hydrogen (secondary N) is 2. The first-order valence-electron chi connectivity index (χ1n) is 8.50. The number of aromatic nitrogens is 2. The highest BCUT2D eigenvalue weighted by Gasteiger charge is 2.15. The number of carbonyl (C=O) groups is 2. The number of H-pyrrole nitrogens is 1. The molecule has 0 saturated heterocycles. The summed E-state index contributed by atoms with van der Waals surface area (Å²) >= 11 is 3.37. The predicted molar refractivity (Wildman–Crippen MR) is 110 cm³/mol. The molecular formula is C20H18BrN3O5. The minimum Gasteiger partial charge on any atom is -0.497 e. The molecular weight excluding hydrogens is 442 g/mol. The molecule has 3 rings (SSSR count). The zero-order valence-corrected chi connectivity index (χ0v) is 17.3. The summed E-state index contributed by atoms with van der Waals surface area (Å²) in [5.74, 6) is -0.135. The van der Waals surface area contributed by atoms with Crippen molar-refractivity contribution in [3.05, 3.63) is 58.7 Å². The summed E-state index contributed by atoms with van der Waals surface area (Å²) in [6.07, 6.45) is 0. The van der Waals surface area contributed by atoms with Crippen LogP contribution in [0.3, 0.4) is 0 Å². The van der Waals surface area contributed by atoms with Crippen molar-refractivity contribution in [1.82, 2.24) is 10.2 Å². The van der Waals surface area contributed by atoms with Crippen LogP contribution in [0.2, 0.25) is 0 Å². The van der Waals surface area contributed by atoms with Crippen molar-refractivity contribution in [2.75, 3.05) is 26.1 Å². The largest absolute Gasteiger partial charge is 0.497 e. The van der Waals surface area contributed by atoms with Gasteiger partial charge in [-0.05, 0) is 18.2 Å². The number of aromatic amines is 1. The Kier molecular flexibility index (Phi) is 6.50. The monoisotopic (exact) mass is 459 g/mol. The fraction of sp³-hybridized carbons (Fsp3) is 0.150. The number of amides is 1. The summed E-state index contributed by atoms with van der Waals surface area (Å²) in [5, 5.41) is 9.35. The summed E-state index contributed by atoms with van der Waals surface area (Å²) in [4.78, 5) is 24.3. The van der Waals surface area contributed by atoms with Crippen molar-refractivity contribution in [2.24, 2.45) is 0 Å². The quantitative estimate of drug-likeness (QED) is 0.522. The SMILES string of the molecule is COc1cc(NC(=O)COC(=O)c2cc(-c3ccc(Br)cc3)n[nH]2)cc(OC)c1. The second-order valence-electron chi connectivity index (χ2n) is 5.90. The molecule has 0 fully saturated rings. The van der Waals surface area contributed by atoms with Crippen molar-refractivity contribution in [1.29, 1.82) is 0 Å². The van der Waals surface area contributed by atoms with E-state index < -0.39 is 18.5 Å². The van der Waals surface area contributed by atoms with Gasteiger partial charge in [0.05, 0.1) is 19.9 Å². The molecule has 0 bridgehead atoms. The number of ether oxygens (including phenoxy) is 3. The molecule has 0 atom stereocenters. The van der Waals surface area contributed by atoms with Crippen LogP contribution in [0.4, 0.5) is 5.69 Å². The molecule has 2 aromatic carbocycles. The van der Waals surface area contributed by atoms with Gasteiger partial charge in [0.15, 0.2) is 6.61 Å². The molecule has 0 spiro atoms. The number of anilines is 1. The maximum Gasteiger partial charge on any atom is 0.356 e. The third-order valence-electron chi connectivity index (χ3n) is 3.91. The summed E-state index contributed by atoms with van der Waals surface area (Å²) in [5.41, 5.74) is 2.05. The second kappa shape index (κ2) is 9.24. The molecule has 1 aromatic heterocycles. The van der Waals surface area contributed by atoms with Gasteiger partial charge in [-0.1, -0.05) is 28.1 Å². The zero-order valence-electron chi connectivity index (χ0n) is 15.7. The third kappa shape index (κ3) is 5.35. The summed E-state index contributed by atoms with van der Waals surface area (Å²) < 4.78 is 16.3. The van der Waals surface area contributed by atoms with E-state index in [9.17, 15) is 9.59 Å². The highest BCUT2D eigenvalue weighted by atomic mass is 79.9. The van der Waals surface area contributed by atoms with Crippen LogP contribution in [0, 0.1) is 0 Å². The predicted octanol–water partition coefficient (Wildman–Crippen LogP) is 3.65. The number of rotatable bonds is 7. The smallest absolute Gasteiger partial charge is 0.356 e. The molecule has 9 heteroatoms. The molecule has 0 saturated carbocycles. The van der Waals surface area contributed by atoms with E-state index in [4.69, 9.17) is 14.2 Å². The van der Waals surface area contributed by atoms with E-state index >= 15 is 0 Å². The summed E-state index contributed by atoms with van der Waals surface area (Å²) in [6, 6.07) is 14.0. The van der Waals surface area contributed by atoms with Crippen LogP contribution in [0.25, 0.3) is 11.3 Å². The molecule has 1 amide bonds. The van der Waals surface area contributed by atoms with Crippen LogP contribution < -0.4 is 14.8 Å². The Bertz CT molecular complexity index is 995. The molecule has 3 aromatic rings. The van der Waals surface area contributed by atoms with Gasteiger partial charge >= 0.3 is 5.97 Å². The van der Waals surface area contributed by atoms with Crippen LogP contribution in [-0.4, -0.2) is 42.9 Å². The second-order valence-corrected chi connectivity index (χ2v) is 6.82. The lowest BCUT2D eigenvalue weighted by atomic mass is 10.1. The average Bonchev–Trinajstić information content (AvgIpc) is 3.22. The first-order chi connectivity index (χ1) is 14.0. The number of hydrogen-bond donors (Lipinski definition) is 2. The lowest BCUT2D eigenvalue weighted by molar-refractivity contribution is -0.119. The topological polar surface area (TPSA) is 103 Å². The number of hydrogen-bond acceptors (Lipinski definition) is 6. The van der Waals surface area contributed by atoms with Gasteiger partial charge in [0, 0.05) is 33.9 Å². The van der Waals surface area contributed by atoms with Crippen LogP contribution in [0.1, 0.15) is 10.5 Å². The van der Waals surface area contributed by atoms with Crippen molar-refractivity contribution in [3.8, 4) is 22.8 Å². The molecule has 29 heavy (non-hydrogen) atoms. The Morgan fingerprint density at radius 2 is 1.69 bits per heavy atom. The Balaban J connectivity index is 1.58. The zero-order chi connectivity index (χ0) is 20.8. The minimum atomic E-state index is -0.681. The van der Waals surface area contributed by atoms with E-state index in [-0.39, 0.29) is 5.69 Å². The first kappa shape index (κ1) is 20.4. The fourth-order valence-electron chi connectivity index (χ4n) is 2.48. The summed E-state index contributed by atoms with van der Waals surface area (Å²) in [7, 11) is 3.02. The van der Waals surface area contributed by atoms with Crippen molar-refractivity contribution < 1.29 is 23.8 Å². The van der Waals surface area contributed by atoms with Crippen molar-refractivity contribution >= 4 is 33.5 Å². The van der Waals surface area contributed by atoms with Crippen molar-refractivity contribution in [2.45, 2.75) is 0 Å². The van der Waals surface area contributed by atoms with Gasteiger partial charge in [-0.2, -0.15) is 5.10 Å². The van der Waals surface area contributed by atoms with Gasteiger partial charge in [-0.15, -0.1) is 0 Å². The van der Waals surface area contributed by atoms with Gasteiger partial charge in [-0.3, -0.25) is 9.89 Å². The molecule has 0 unspecified atom stereocenters. The lowest BCUT2D eigenvalue weighted by Crippen LogP contribution is -2.21. The Morgan fingerprint density at radius 1 is 1.03 bits per heavy atom. The molecule has 1 heterocycles.